The van der Waals surface area contributed by atoms with Crippen LogP contribution in [0.25, 0.3) is 0 Å². The van der Waals surface area contributed by atoms with Crippen LogP contribution in [0, 0.1) is 5.92 Å². The number of rotatable bonds is 2. The smallest absolute Gasteiger partial charge is 0.335 e. The van der Waals surface area contributed by atoms with Crippen LogP contribution in [0.4, 0.5) is 0 Å². The highest BCUT2D eigenvalue weighted by molar-refractivity contribution is 5.90. The molecule has 1 aliphatic carbocycles. The van der Waals surface area contributed by atoms with Gasteiger partial charge in [0.05, 0.1) is 5.56 Å². The van der Waals surface area contributed by atoms with E-state index in [1.807, 2.05) is 6.07 Å². The van der Waals surface area contributed by atoms with E-state index in [2.05, 4.69) is 0 Å². The Bertz CT molecular complexity index is 374. The second-order valence-corrected chi connectivity index (χ2v) is 3.76. The average molecular weight is 191 g/mol. The summed E-state index contributed by atoms with van der Waals surface area (Å²) in [5.74, 6) is -0.412. The maximum atomic E-state index is 10.9. The molecular weight excluding hydrogens is 178 g/mol. The molecule has 0 aromatic heterocycles. The van der Waals surface area contributed by atoms with Crippen LogP contribution in [-0.2, 0) is 12.8 Å². The summed E-state index contributed by atoms with van der Waals surface area (Å²) in [4.78, 5) is 10.9. The van der Waals surface area contributed by atoms with Crippen molar-refractivity contribution in [1.82, 2.24) is 0 Å². The van der Waals surface area contributed by atoms with Gasteiger partial charge in [0.1, 0.15) is 0 Å². The molecule has 0 saturated heterocycles. The van der Waals surface area contributed by atoms with E-state index >= 15 is 0 Å². The van der Waals surface area contributed by atoms with E-state index in [4.69, 9.17) is 10.8 Å². The molecule has 0 spiro atoms. The molecule has 1 atom stereocenters. The zero-order valence-corrected chi connectivity index (χ0v) is 7.86. The van der Waals surface area contributed by atoms with Crippen LogP contribution in [-0.4, -0.2) is 17.6 Å². The molecule has 14 heavy (non-hydrogen) atoms. The number of aromatic carboxylic acids is 1. The van der Waals surface area contributed by atoms with Crippen molar-refractivity contribution >= 4 is 5.97 Å². The van der Waals surface area contributed by atoms with E-state index in [1.54, 1.807) is 12.1 Å². The summed E-state index contributed by atoms with van der Waals surface area (Å²) in [7, 11) is 0. The second kappa shape index (κ2) is 3.42. The fourth-order valence-corrected chi connectivity index (χ4v) is 2.11. The van der Waals surface area contributed by atoms with E-state index in [0.717, 1.165) is 24.0 Å². The Balaban J connectivity index is 2.41. The minimum atomic E-state index is -0.834. The minimum absolute atomic E-state index is 0.422. The number of hydrogen-bond donors (Lipinski definition) is 2. The Morgan fingerprint density at radius 2 is 2.29 bits per heavy atom. The maximum absolute atomic E-state index is 10.9. The molecule has 0 bridgehead atoms. The van der Waals surface area contributed by atoms with Crippen LogP contribution >= 0.6 is 0 Å². The number of benzene rings is 1. The summed E-state index contributed by atoms with van der Waals surface area (Å²) in [6, 6.07) is 5.47. The molecule has 0 fully saturated rings. The first-order chi connectivity index (χ1) is 6.72. The van der Waals surface area contributed by atoms with Crippen LogP contribution in [0.3, 0.4) is 0 Å². The summed E-state index contributed by atoms with van der Waals surface area (Å²) >= 11 is 0. The van der Waals surface area contributed by atoms with Crippen molar-refractivity contribution in [1.29, 1.82) is 0 Å². The lowest BCUT2D eigenvalue weighted by Crippen LogP contribution is -2.14. The first-order valence-electron chi connectivity index (χ1n) is 4.76. The Labute approximate surface area is 82.5 Å². The van der Waals surface area contributed by atoms with Gasteiger partial charge in [-0.1, -0.05) is 12.1 Å². The number of hydrogen-bond acceptors (Lipinski definition) is 2. The van der Waals surface area contributed by atoms with Crippen molar-refractivity contribution < 1.29 is 9.90 Å². The molecule has 3 N–H and O–H groups in total. The van der Waals surface area contributed by atoms with Gasteiger partial charge in [0, 0.05) is 0 Å². The predicted molar refractivity (Wildman–Crippen MR) is 53.4 cm³/mol. The summed E-state index contributed by atoms with van der Waals surface area (Å²) < 4.78 is 0. The molecular formula is C11H13NO2. The molecule has 0 amide bonds. The van der Waals surface area contributed by atoms with Crippen molar-refractivity contribution in [3.8, 4) is 0 Å². The highest BCUT2D eigenvalue weighted by atomic mass is 16.4. The lowest BCUT2D eigenvalue weighted by molar-refractivity contribution is 0.0695. The summed E-state index contributed by atoms with van der Waals surface area (Å²) in [5, 5.41) is 8.98. The Hall–Kier alpha value is -1.35. The highest BCUT2D eigenvalue weighted by Crippen LogP contribution is 2.28. The molecule has 0 aliphatic heterocycles. The lowest BCUT2D eigenvalue weighted by Gasteiger charge is -2.03. The molecule has 1 unspecified atom stereocenters. The zero-order valence-electron chi connectivity index (χ0n) is 7.86. The standard InChI is InChI=1S/C11H13NO2/c12-6-7-4-8-2-1-3-9(11(13)14)10(8)5-7/h1-3,7H,4-6,12H2,(H,13,14). The van der Waals surface area contributed by atoms with Gasteiger partial charge in [0.15, 0.2) is 0 Å². The number of carboxylic acid groups (broad SMARTS) is 1. The van der Waals surface area contributed by atoms with E-state index in [0.29, 0.717) is 18.0 Å². The largest absolute Gasteiger partial charge is 0.478 e. The Morgan fingerprint density at radius 1 is 1.50 bits per heavy atom. The van der Waals surface area contributed by atoms with Gasteiger partial charge in [-0.3, -0.25) is 0 Å². The third kappa shape index (κ3) is 1.40. The molecule has 3 heteroatoms. The van der Waals surface area contributed by atoms with Crippen molar-refractivity contribution in [3.63, 3.8) is 0 Å². The van der Waals surface area contributed by atoms with Crippen LogP contribution in [0.15, 0.2) is 18.2 Å². The first-order valence-corrected chi connectivity index (χ1v) is 4.76. The van der Waals surface area contributed by atoms with Crippen LogP contribution < -0.4 is 5.73 Å². The summed E-state index contributed by atoms with van der Waals surface area (Å²) in [6.45, 7) is 0.633. The zero-order chi connectivity index (χ0) is 10.1. The third-order valence-corrected chi connectivity index (χ3v) is 2.84. The van der Waals surface area contributed by atoms with Gasteiger partial charge >= 0.3 is 5.97 Å². The average Bonchev–Trinajstić information content (AvgIpc) is 2.59. The normalized spacial score (nSPS) is 19.4. The fraction of sp³-hybridized carbons (Fsp3) is 0.364. The van der Waals surface area contributed by atoms with Crippen LogP contribution in [0.1, 0.15) is 21.5 Å². The number of nitrogens with two attached hydrogens (primary N) is 1. The first kappa shape index (κ1) is 9.21. The predicted octanol–water partition coefficient (Wildman–Crippen LogP) is 1.06. The molecule has 2 rings (SSSR count). The van der Waals surface area contributed by atoms with Crippen LogP contribution in [0.2, 0.25) is 0 Å². The number of carboxylic acids is 1. The van der Waals surface area contributed by atoms with Crippen molar-refractivity contribution in [2.75, 3.05) is 6.54 Å². The molecule has 0 radical (unpaired) electrons. The lowest BCUT2D eigenvalue weighted by atomic mass is 10.0. The van der Waals surface area contributed by atoms with Crippen molar-refractivity contribution in [2.24, 2.45) is 11.7 Å². The third-order valence-electron chi connectivity index (χ3n) is 2.84. The minimum Gasteiger partial charge on any atom is -0.478 e. The molecule has 3 nitrogen and oxygen atoms in total. The van der Waals surface area contributed by atoms with Gasteiger partial charge in [-0.25, -0.2) is 4.79 Å². The quantitative estimate of drug-likeness (QED) is 0.734. The van der Waals surface area contributed by atoms with E-state index in [9.17, 15) is 4.79 Å². The molecule has 1 aromatic carbocycles. The van der Waals surface area contributed by atoms with Gasteiger partial charge in [-0.15, -0.1) is 0 Å². The topological polar surface area (TPSA) is 63.3 Å². The molecule has 1 aromatic rings. The second-order valence-electron chi connectivity index (χ2n) is 3.76. The Morgan fingerprint density at radius 3 is 2.93 bits per heavy atom. The molecule has 1 aliphatic rings. The number of fused-ring (bicyclic) bond motifs is 1. The summed E-state index contributed by atoms with van der Waals surface area (Å²) in [5.41, 5.74) is 8.17. The van der Waals surface area contributed by atoms with E-state index in [1.165, 1.54) is 0 Å². The van der Waals surface area contributed by atoms with Crippen molar-refractivity contribution in [2.45, 2.75) is 12.8 Å². The van der Waals surface area contributed by atoms with Gasteiger partial charge in [-0.2, -0.15) is 0 Å². The van der Waals surface area contributed by atoms with Gasteiger partial charge in [-0.05, 0) is 42.5 Å². The Kier molecular flexibility index (Phi) is 2.25. The SMILES string of the molecule is NCC1Cc2cccc(C(=O)O)c2C1. The van der Waals surface area contributed by atoms with Gasteiger partial charge in [0.2, 0.25) is 0 Å². The highest BCUT2D eigenvalue weighted by Gasteiger charge is 2.24. The van der Waals surface area contributed by atoms with Gasteiger partial charge < -0.3 is 10.8 Å². The van der Waals surface area contributed by atoms with E-state index in [-0.39, 0.29) is 0 Å². The fourth-order valence-electron chi connectivity index (χ4n) is 2.11. The maximum Gasteiger partial charge on any atom is 0.335 e. The molecule has 74 valence electrons. The summed E-state index contributed by atoms with van der Waals surface area (Å²) in [6.07, 6.45) is 1.74. The van der Waals surface area contributed by atoms with Crippen LogP contribution in [0.5, 0.6) is 0 Å². The molecule has 0 heterocycles. The monoisotopic (exact) mass is 191 g/mol. The van der Waals surface area contributed by atoms with Gasteiger partial charge in [0.25, 0.3) is 0 Å². The molecule has 0 saturated carbocycles. The number of carbonyl (C=O) groups is 1. The van der Waals surface area contributed by atoms with Crippen molar-refractivity contribution in [3.05, 3.63) is 34.9 Å². The van der Waals surface area contributed by atoms with E-state index < -0.39 is 5.97 Å².